The minimum Gasteiger partial charge on any atom is -0.444 e. The van der Waals surface area contributed by atoms with Crippen LogP contribution in [0.2, 0.25) is 0 Å². The Hall–Kier alpha value is -2.67. The molecule has 0 aromatic heterocycles. The maximum atomic E-state index is 13.7. The molecule has 5 N–H and O–H groups in total. The summed E-state index contributed by atoms with van der Waals surface area (Å²) in [7, 11) is -3.82. The fourth-order valence-corrected chi connectivity index (χ4v) is 6.64. The molecule has 0 aromatic rings. The van der Waals surface area contributed by atoms with Crippen molar-refractivity contribution in [2.24, 2.45) is 11.7 Å². The highest BCUT2D eigenvalue weighted by molar-refractivity contribution is 7.91. The number of carbonyl (C=O) groups excluding carboxylic acids is 4. The van der Waals surface area contributed by atoms with E-state index in [2.05, 4.69) is 15.4 Å². The Morgan fingerprint density at radius 2 is 1.87 bits per heavy atom. The van der Waals surface area contributed by atoms with Crippen molar-refractivity contribution < 1.29 is 32.3 Å². The SMILES string of the molecule is CC(C)(C)OC(=O)N[C@@H]1C[C@H]2C(=O)N[C@]3(C(=O)NS(=O)(=O)C4CC4)C[C@H]3C=CCCCCC[C@H](N)C(=O)N2C1. The summed E-state index contributed by atoms with van der Waals surface area (Å²) in [4.78, 5) is 54.1. The van der Waals surface area contributed by atoms with Gasteiger partial charge in [0.2, 0.25) is 21.8 Å². The van der Waals surface area contributed by atoms with Crippen LogP contribution in [0.25, 0.3) is 0 Å². The van der Waals surface area contributed by atoms with Gasteiger partial charge >= 0.3 is 6.09 Å². The highest BCUT2D eigenvalue weighted by Crippen LogP contribution is 2.46. The monoisotopic (exact) mass is 567 g/mol. The first-order chi connectivity index (χ1) is 18.2. The second-order valence-corrected chi connectivity index (χ2v) is 14.2. The second kappa shape index (κ2) is 11.1. The van der Waals surface area contributed by atoms with Crippen molar-refractivity contribution in [2.75, 3.05) is 6.54 Å². The van der Waals surface area contributed by atoms with E-state index in [1.165, 1.54) is 4.90 Å². The maximum absolute atomic E-state index is 13.7. The van der Waals surface area contributed by atoms with Gasteiger partial charge in [-0.15, -0.1) is 0 Å². The van der Waals surface area contributed by atoms with Gasteiger partial charge in [-0.3, -0.25) is 19.1 Å². The van der Waals surface area contributed by atoms with Gasteiger partial charge in [-0.25, -0.2) is 13.2 Å². The van der Waals surface area contributed by atoms with E-state index in [0.29, 0.717) is 19.3 Å². The zero-order valence-corrected chi connectivity index (χ0v) is 23.7. The molecule has 3 fully saturated rings. The van der Waals surface area contributed by atoms with Crippen LogP contribution in [0.5, 0.6) is 0 Å². The van der Waals surface area contributed by atoms with Gasteiger partial charge in [0.25, 0.3) is 5.91 Å². The first-order valence-electron chi connectivity index (χ1n) is 13.8. The number of hydrogen-bond acceptors (Lipinski definition) is 8. The third-order valence-electron chi connectivity index (χ3n) is 7.64. The van der Waals surface area contributed by atoms with Crippen LogP contribution < -0.4 is 21.1 Å². The molecule has 0 bridgehead atoms. The lowest BCUT2D eigenvalue weighted by molar-refractivity contribution is -0.140. The van der Waals surface area contributed by atoms with E-state index < -0.39 is 68.4 Å². The topological polar surface area (TPSA) is 177 Å². The van der Waals surface area contributed by atoms with Crippen LogP contribution in [0.15, 0.2) is 12.2 Å². The molecule has 0 radical (unpaired) electrons. The number of sulfonamides is 1. The highest BCUT2D eigenvalue weighted by atomic mass is 32.2. The van der Waals surface area contributed by atoms with E-state index in [0.717, 1.165) is 25.7 Å². The van der Waals surface area contributed by atoms with Gasteiger partial charge in [0.1, 0.15) is 17.2 Å². The van der Waals surface area contributed by atoms with Crippen LogP contribution in [0.4, 0.5) is 4.79 Å². The molecule has 5 atom stereocenters. The number of ether oxygens (including phenoxy) is 1. The van der Waals surface area contributed by atoms with Crippen LogP contribution >= 0.6 is 0 Å². The maximum Gasteiger partial charge on any atom is 0.407 e. The molecule has 2 saturated carbocycles. The zero-order chi connectivity index (χ0) is 28.6. The number of nitrogens with one attached hydrogen (secondary N) is 3. The molecule has 0 unspecified atom stereocenters. The van der Waals surface area contributed by atoms with Crippen LogP contribution in [0.3, 0.4) is 0 Å². The summed E-state index contributed by atoms with van der Waals surface area (Å²) in [5, 5.41) is 4.93. The molecule has 0 spiro atoms. The van der Waals surface area contributed by atoms with E-state index >= 15 is 0 Å². The van der Waals surface area contributed by atoms with Crippen molar-refractivity contribution in [3.8, 4) is 0 Å². The van der Waals surface area contributed by atoms with E-state index in [1.807, 2.05) is 12.2 Å². The largest absolute Gasteiger partial charge is 0.444 e. The molecule has 39 heavy (non-hydrogen) atoms. The van der Waals surface area contributed by atoms with Gasteiger partial charge in [0, 0.05) is 12.5 Å². The molecule has 12 nitrogen and oxygen atoms in total. The highest BCUT2D eigenvalue weighted by Gasteiger charge is 2.62. The molecule has 218 valence electrons. The number of hydrogen-bond donors (Lipinski definition) is 4. The van der Waals surface area contributed by atoms with Gasteiger partial charge in [0.05, 0.1) is 17.3 Å². The Kier molecular flexibility index (Phi) is 8.32. The number of rotatable bonds is 4. The Labute approximate surface area is 229 Å². The molecular formula is C26H41N5O7S. The van der Waals surface area contributed by atoms with Crippen LogP contribution in [-0.4, -0.2) is 78.2 Å². The van der Waals surface area contributed by atoms with Crippen molar-refractivity contribution in [3.05, 3.63) is 12.2 Å². The molecule has 4 aliphatic rings. The Bertz CT molecular complexity index is 1130. The van der Waals surface area contributed by atoms with Gasteiger partial charge < -0.3 is 26.0 Å². The lowest BCUT2D eigenvalue weighted by Gasteiger charge is -2.28. The number of allylic oxidation sites excluding steroid dienone is 1. The van der Waals surface area contributed by atoms with Crippen LogP contribution in [-0.2, 0) is 29.1 Å². The summed E-state index contributed by atoms with van der Waals surface area (Å²) in [6.07, 6.45) is 8.21. The Morgan fingerprint density at radius 3 is 2.54 bits per heavy atom. The Morgan fingerprint density at radius 1 is 1.15 bits per heavy atom. The van der Waals surface area contributed by atoms with E-state index in [4.69, 9.17) is 10.5 Å². The average Bonchev–Trinajstić information content (AvgIpc) is 3.73. The summed E-state index contributed by atoms with van der Waals surface area (Å²) < 4.78 is 32.5. The predicted octanol–water partition coefficient (Wildman–Crippen LogP) is 0.812. The smallest absolute Gasteiger partial charge is 0.407 e. The second-order valence-electron chi connectivity index (χ2n) is 12.2. The standard InChI is InChI=1S/C26H41N5O7S/c1-25(2,3)38-24(35)28-17-13-20-21(32)29-26(23(34)30-39(36,37)18-11-12-18)14-16(26)9-7-5-4-6-8-10-19(27)22(33)31(20)15-17/h7,9,16-20H,4-6,8,10-15,27H2,1-3H3,(H,28,35)(H,29,32)(H,30,34)/t16-,17-,19+,20+,26-/m1/s1. The number of nitrogens with zero attached hydrogens (tertiary/aromatic N) is 1. The fourth-order valence-electron chi connectivity index (χ4n) is 5.27. The minimum absolute atomic E-state index is 0.0580. The molecular weight excluding hydrogens is 526 g/mol. The van der Waals surface area contributed by atoms with Crippen molar-refractivity contribution in [1.29, 1.82) is 0 Å². The summed E-state index contributed by atoms with van der Waals surface area (Å²) in [5.41, 5.74) is 4.07. The van der Waals surface area contributed by atoms with Gasteiger partial charge in [-0.05, 0) is 65.7 Å². The minimum atomic E-state index is -3.82. The average molecular weight is 568 g/mol. The van der Waals surface area contributed by atoms with E-state index in [9.17, 15) is 27.6 Å². The normalized spacial score (nSPS) is 32.2. The molecule has 2 aliphatic carbocycles. The Balaban J connectivity index is 1.56. The number of carbonyl (C=O) groups is 4. The first-order valence-corrected chi connectivity index (χ1v) is 15.4. The van der Waals surface area contributed by atoms with E-state index in [1.54, 1.807) is 20.8 Å². The van der Waals surface area contributed by atoms with Gasteiger partial charge in [-0.1, -0.05) is 25.0 Å². The van der Waals surface area contributed by atoms with Crippen LogP contribution in [0.1, 0.15) is 78.6 Å². The molecule has 4 amide bonds. The lowest BCUT2D eigenvalue weighted by Crippen LogP contribution is -2.57. The first kappa shape index (κ1) is 29.3. The number of alkyl carbamates (subject to hydrolysis) is 1. The van der Waals surface area contributed by atoms with Crippen molar-refractivity contribution in [3.63, 3.8) is 0 Å². The molecule has 4 rings (SSSR count). The molecule has 1 saturated heterocycles. The van der Waals surface area contributed by atoms with Crippen LogP contribution in [0, 0.1) is 5.92 Å². The van der Waals surface area contributed by atoms with Crippen molar-refractivity contribution in [1.82, 2.24) is 20.3 Å². The predicted molar refractivity (Wildman–Crippen MR) is 143 cm³/mol. The lowest BCUT2D eigenvalue weighted by atomic mass is 10.1. The van der Waals surface area contributed by atoms with Crippen molar-refractivity contribution in [2.45, 2.75) is 113 Å². The summed E-state index contributed by atoms with van der Waals surface area (Å²) in [5.74, 6) is -2.13. The molecule has 2 heterocycles. The fraction of sp³-hybridized carbons (Fsp3) is 0.769. The number of amides is 4. The zero-order valence-electron chi connectivity index (χ0n) is 22.9. The number of fused-ring (bicyclic) bond motifs is 2. The van der Waals surface area contributed by atoms with Gasteiger partial charge in [0.15, 0.2) is 0 Å². The molecule has 2 aliphatic heterocycles. The summed E-state index contributed by atoms with van der Waals surface area (Å²) in [6.45, 7) is 5.25. The summed E-state index contributed by atoms with van der Waals surface area (Å²) >= 11 is 0. The van der Waals surface area contributed by atoms with Gasteiger partial charge in [-0.2, -0.15) is 0 Å². The quantitative estimate of drug-likeness (QED) is 0.361. The molecule has 13 heteroatoms. The molecule has 0 aromatic carbocycles. The summed E-state index contributed by atoms with van der Waals surface area (Å²) in [6, 6.07) is -2.38. The third-order valence-corrected chi connectivity index (χ3v) is 9.46. The van der Waals surface area contributed by atoms with E-state index in [-0.39, 0.29) is 25.3 Å². The third kappa shape index (κ3) is 7.10. The number of nitrogens with two attached hydrogens (primary N) is 1. The van der Waals surface area contributed by atoms with Crippen molar-refractivity contribution >= 4 is 33.8 Å².